The number of aromatic carboxylic acids is 1. The first kappa shape index (κ1) is 15.6. The quantitative estimate of drug-likeness (QED) is 0.594. The summed E-state index contributed by atoms with van der Waals surface area (Å²) in [5.74, 6) is -1.08. The van der Waals surface area contributed by atoms with Crippen molar-refractivity contribution in [3.8, 4) is 0 Å². The van der Waals surface area contributed by atoms with E-state index < -0.39 is 5.97 Å². The maximum absolute atomic E-state index is 11.5. The Morgan fingerprint density at radius 3 is 2.68 bits per heavy atom. The molecule has 0 fully saturated rings. The lowest BCUT2D eigenvalue weighted by Crippen LogP contribution is -2.22. The number of carbonyl (C=O) groups excluding carboxylic acids is 1. The topological polar surface area (TPSA) is 105 Å². The molecule has 0 aliphatic rings. The molecule has 1 aromatic rings. The van der Waals surface area contributed by atoms with Crippen LogP contribution in [0.4, 0.5) is 0 Å². The van der Waals surface area contributed by atoms with Gasteiger partial charge in [0.25, 0.3) is 0 Å². The molecule has 0 saturated carbocycles. The van der Waals surface area contributed by atoms with Crippen LogP contribution in [0.5, 0.6) is 0 Å². The Balaban J connectivity index is 2.17. The summed E-state index contributed by atoms with van der Waals surface area (Å²) in [5.41, 5.74) is 5.40. The molecule has 6 nitrogen and oxygen atoms in total. The Hall–Kier alpha value is -1.47. The third-order valence-corrected chi connectivity index (χ3v) is 3.41. The van der Waals surface area contributed by atoms with Gasteiger partial charge in [-0.2, -0.15) is 0 Å². The molecule has 1 aromatic heterocycles. The van der Waals surface area contributed by atoms with E-state index in [0.717, 1.165) is 25.7 Å². The maximum atomic E-state index is 11.5. The van der Waals surface area contributed by atoms with Crippen molar-refractivity contribution in [3.05, 3.63) is 16.1 Å². The number of carboxylic acid groups (broad SMARTS) is 1. The summed E-state index contributed by atoms with van der Waals surface area (Å²) >= 11 is 1.23. The number of rotatable bonds is 9. The molecule has 0 saturated heterocycles. The van der Waals surface area contributed by atoms with E-state index in [0.29, 0.717) is 24.5 Å². The minimum atomic E-state index is -1.05. The monoisotopic (exact) mass is 285 g/mol. The number of hydrogen-bond acceptors (Lipinski definition) is 5. The van der Waals surface area contributed by atoms with Crippen molar-refractivity contribution < 1.29 is 14.7 Å². The predicted molar refractivity (Wildman–Crippen MR) is 73.1 cm³/mol. The molecule has 0 radical (unpaired) electrons. The molecule has 19 heavy (non-hydrogen) atoms. The number of hydrogen-bond donors (Lipinski definition) is 3. The van der Waals surface area contributed by atoms with Crippen molar-refractivity contribution in [2.24, 2.45) is 5.73 Å². The molecular formula is C12H19N3O3S. The number of nitrogens with zero attached hydrogens (tertiary/aromatic N) is 1. The van der Waals surface area contributed by atoms with Gasteiger partial charge in [-0.3, -0.25) is 4.79 Å². The zero-order valence-electron chi connectivity index (χ0n) is 10.7. The molecule has 1 rings (SSSR count). The second-order valence-corrected chi connectivity index (χ2v) is 5.10. The van der Waals surface area contributed by atoms with Crippen LogP contribution in [0.15, 0.2) is 5.38 Å². The number of amides is 1. The van der Waals surface area contributed by atoms with Crippen LogP contribution in [0, 0.1) is 0 Å². The summed E-state index contributed by atoms with van der Waals surface area (Å²) in [4.78, 5) is 26.0. The molecule has 0 bridgehead atoms. The van der Waals surface area contributed by atoms with Crippen molar-refractivity contribution in [2.75, 3.05) is 6.54 Å². The third-order valence-electron chi connectivity index (χ3n) is 2.57. The van der Waals surface area contributed by atoms with Crippen LogP contribution < -0.4 is 11.1 Å². The highest BCUT2D eigenvalue weighted by atomic mass is 32.1. The van der Waals surface area contributed by atoms with Crippen LogP contribution in [0.25, 0.3) is 0 Å². The van der Waals surface area contributed by atoms with Gasteiger partial charge < -0.3 is 16.2 Å². The first-order valence-corrected chi connectivity index (χ1v) is 7.16. The van der Waals surface area contributed by atoms with Gasteiger partial charge in [0.2, 0.25) is 5.91 Å². The van der Waals surface area contributed by atoms with Gasteiger partial charge in [-0.05, 0) is 19.4 Å². The van der Waals surface area contributed by atoms with Crippen LogP contribution >= 0.6 is 11.3 Å². The van der Waals surface area contributed by atoms with Gasteiger partial charge in [0.05, 0.1) is 6.54 Å². The molecule has 0 aliphatic carbocycles. The van der Waals surface area contributed by atoms with Crippen molar-refractivity contribution in [1.29, 1.82) is 0 Å². The second kappa shape index (κ2) is 8.60. The normalized spacial score (nSPS) is 10.4. The standard InChI is InChI=1S/C12H19N3O3S/c13-6-4-2-1-3-5-10(16)14-7-11-15-9(8-19-11)12(17)18/h8H,1-7,13H2,(H,14,16)(H,17,18). The molecular weight excluding hydrogens is 266 g/mol. The molecule has 0 spiro atoms. The number of nitrogens with two attached hydrogens (primary N) is 1. The van der Waals surface area contributed by atoms with Gasteiger partial charge >= 0.3 is 5.97 Å². The first-order valence-electron chi connectivity index (χ1n) is 6.28. The third kappa shape index (κ3) is 6.30. The lowest BCUT2D eigenvalue weighted by molar-refractivity contribution is -0.121. The molecule has 7 heteroatoms. The fourth-order valence-electron chi connectivity index (χ4n) is 1.54. The number of carboxylic acids is 1. The van der Waals surface area contributed by atoms with Crippen molar-refractivity contribution in [3.63, 3.8) is 0 Å². The molecule has 0 atom stereocenters. The van der Waals surface area contributed by atoms with Crippen LogP contribution in [-0.2, 0) is 11.3 Å². The highest BCUT2D eigenvalue weighted by molar-refractivity contribution is 7.09. The Morgan fingerprint density at radius 1 is 1.32 bits per heavy atom. The second-order valence-electron chi connectivity index (χ2n) is 4.16. The minimum Gasteiger partial charge on any atom is -0.476 e. The number of carbonyl (C=O) groups is 2. The Morgan fingerprint density at radius 2 is 2.05 bits per heavy atom. The SMILES string of the molecule is NCCCCCCC(=O)NCc1nc(C(=O)O)cs1. The number of thiazole rings is 1. The summed E-state index contributed by atoms with van der Waals surface area (Å²) in [7, 11) is 0. The molecule has 1 amide bonds. The molecule has 0 unspecified atom stereocenters. The lowest BCUT2D eigenvalue weighted by atomic mass is 10.1. The largest absolute Gasteiger partial charge is 0.476 e. The Kier molecular flexibility index (Phi) is 7.06. The predicted octanol–water partition coefficient (Wildman–Crippen LogP) is 1.37. The van der Waals surface area contributed by atoms with Crippen molar-refractivity contribution in [2.45, 2.75) is 38.6 Å². The van der Waals surface area contributed by atoms with Crippen LogP contribution in [0.3, 0.4) is 0 Å². The molecule has 1 heterocycles. The van der Waals surface area contributed by atoms with Gasteiger partial charge in [-0.1, -0.05) is 12.8 Å². The van der Waals surface area contributed by atoms with Gasteiger partial charge in [-0.25, -0.2) is 9.78 Å². The number of unbranched alkanes of at least 4 members (excludes halogenated alkanes) is 3. The first-order chi connectivity index (χ1) is 9.13. The van der Waals surface area contributed by atoms with E-state index in [9.17, 15) is 9.59 Å². The summed E-state index contributed by atoms with van der Waals surface area (Å²) in [6.07, 6.45) is 4.40. The highest BCUT2D eigenvalue weighted by Crippen LogP contribution is 2.09. The van der Waals surface area contributed by atoms with E-state index in [-0.39, 0.29) is 11.6 Å². The van der Waals surface area contributed by atoms with Gasteiger partial charge in [0.1, 0.15) is 5.01 Å². The molecule has 0 aromatic carbocycles. The van der Waals surface area contributed by atoms with Crippen LogP contribution in [-0.4, -0.2) is 28.5 Å². The van der Waals surface area contributed by atoms with Crippen molar-refractivity contribution in [1.82, 2.24) is 10.3 Å². The maximum Gasteiger partial charge on any atom is 0.355 e. The molecule has 0 aliphatic heterocycles. The van der Waals surface area contributed by atoms with E-state index in [4.69, 9.17) is 10.8 Å². The van der Waals surface area contributed by atoms with Gasteiger partial charge in [0, 0.05) is 11.8 Å². The highest BCUT2D eigenvalue weighted by Gasteiger charge is 2.09. The Bertz CT molecular complexity index is 420. The summed E-state index contributed by atoms with van der Waals surface area (Å²) < 4.78 is 0. The minimum absolute atomic E-state index is 0.0241. The van der Waals surface area contributed by atoms with E-state index in [1.807, 2.05) is 0 Å². The van der Waals surface area contributed by atoms with E-state index >= 15 is 0 Å². The summed E-state index contributed by atoms with van der Waals surface area (Å²) in [6.45, 7) is 0.988. The van der Waals surface area contributed by atoms with Crippen LogP contribution in [0.1, 0.15) is 47.6 Å². The average Bonchev–Trinajstić information content (AvgIpc) is 2.85. The average molecular weight is 285 g/mol. The van der Waals surface area contributed by atoms with Crippen LogP contribution in [0.2, 0.25) is 0 Å². The Labute approximate surface area is 116 Å². The summed E-state index contributed by atoms with van der Waals surface area (Å²) in [6, 6.07) is 0. The zero-order valence-corrected chi connectivity index (χ0v) is 11.5. The van der Waals surface area contributed by atoms with E-state index in [2.05, 4.69) is 10.3 Å². The number of aromatic nitrogens is 1. The lowest BCUT2D eigenvalue weighted by Gasteiger charge is -2.03. The molecule has 106 valence electrons. The fourth-order valence-corrected chi connectivity index (χ4v) is 2.24. The fraction of sp³-hybridized carbons (Fsp3) is 0.583. The van der Waals surface area contributed by atoms with Gasteiger partial charge in [-0.15, -0.1) is 11.3 Å². The zero-order chi connectivity index (χ0) is 14.1. The van der Waals surface area contributed by atoms with E-state index in [1.165, 1.54) is 16.7 Å². The smallest absolute Gasteiger partial charge is 0.355 e. The van der Waals surface area contributed by atoms with Crippen molar-refractivity contribution >= 4 is 23.2 Å². The number of nitrogens with one attached hydrogen (secondary N) is 1. The van der Waals surface area contributed by atoms with Gasteiger partial charge in [0.15, 0.2) is 5.69 Å². The summed E-state index contributed by atoms with van der Waals surface area (Å²) in [5, 5.41) is 13.5. The van der Waals surface area contributed by atoms with E-state index in [1.54, 1.807) is 0 Å². The molecule has 4 N–H and O–H groups in total.